The molecule has 0 spiro atoms. The fraction of sp³-hybridized carbons (Fsp3) is 0. The lowest BCUT2D eigenvalue weighted by atomic mass is 10.3. The zero-order chi connectivity index (χ0) is 11.5. The predicted octanol–water partition coefficient (Wildman–Crippen LogP) is 3.90. The lowest BCUT2D eigenvalue weighted by Gasteiger charge is -2.06. The van der Waals surface area contributed by atoms with E-state index in [1.54, 1.807) is 12.1 Å². The summed E-state index contributed by atoms with van der Waals surface area (Å²) in [5.41, 5.74) is 0.669. The van der Waals surface area contributed by atoms with Crippen LogP contribution in [0.25, 0.3) is 0 Å². The van der Waals surface area contributed by atoms with Crippen LogP contribution in [-0.4, -0.2) is 15.0 Å². The monoisotopic (exact) mass is 308 g/mol. The highest BCUT2D eigenvalue weighted by Gasteiger charge is 2.05. The third-order valence-electron chi connectivity index (χ3n) is 1.70. The van der Waals surface area contributed by atoms with Crippen molar-refractivity contribution < 1.29 is 0 Å². The number of hydrogen-bond acceptors (Lipinski definition) is 6. The summed E-state index contributed by atoms with van der Waals surface area (Å²) in [4.78, 5) is 11.4. The van der Waals surface area contributed by atoms with Crippen molar-refractivity contribution in [3.63, 3.8) is 0 Å². The normalized spacial score (nSPS) is 9.06. The Balaban J connectivity index is 0.00000144. The van der Waals surface area contributed by atoms with Crippen molar-refractivity contribution in [3.05, 3.63) is 39.9 Å². The molecule has 2 rings (SSSR count). The maximum atomic E-state index is 5.95. The molecular weight excluding hydrogens is 298 g/mol. The van der Waals surface area contributed by atoms with Crippen LogP contribution in [0.1, 0.15) is 0 Å². The Labute approximate surface area is 119 Å². The van der Waals surface area contributed by atoms with E-state index in [9.17, 15) is 0 Å². The van der Waals surface area contributed by atoms with Gasteiger partial charge in [0.2, 0.25) is 16.5 Å². The molecule has 0 bridgehead atoms. The third kappa shape index (κ3) is 4.25. The van der Waals surface area contributed by atoms with Crippen LogP contribution in [0, 0.1) is 0 Å². The number of halogens is 3. The average molecular weight is 310 g/mol. The molecule has 0 aliphatic rings. The second-order valence-corrected chi connectivity index (χ2v) is 3.89. The van der Waals surface area contributed by atoms with E-state index in [0.29, 0.717) is 10.7 Å². The predicted molar refractivity (Wildman–Crippen MR) is 74.6 cm³/mol. The van der Waals surface area contributed by atoms with Gasteiger partial charge in [0.05, 0.1) is 10.7 Å². The Morgan fingerprint density at radius 2 is 1.39 bits per heavy atom. The molecule has 6 nitrogen and oxygen atoms in total. The van der Waals surface area contributed by atoms with E-state index < -0.39 is 0 Å². The average Bonchev–Trinajstić information content (AvgIpc) is 2.20. The molecule has 98 valence electrons. The molecule has 0 amide bonds. The minimum atomic E-state index is 0. The van der Waals surface area contributed by atoms with E-state index in [2.05, 4.69) is 20.3 Å². The molecule has 9 heteroatoms. The summed E-state index contributed by atoms with van der Waals surface area (Å²) in [6.45, 7) is 0. The Morgan fingerprint density at radius 1 is 0.833 bits per heavy atom. The fourth-order valence-electron chi connectivity index (χ4n) is 1.06. The lowest BCUT2D eigenvalue weighted by Crippen LogP contribution is -1.99. The Bertz CT molecular complexity index is 501. The minimum Gasteiger partial charge on any atom is -0.344 e. The number of benzene rings is 1. The number of para-hydroxylation sites is 1. The Kier molecular flexibility index (Phi) is 6.82. The van der Waals surface area contributed by atoms with Crippen molar-refractivity contribution >= 4 is 46.4 Å². The van der Waals surface area contributed by atoms with E-state index in [4.69, 9.17) is 34.8 Å². The van der Waals surface area contributed by atoms with E-state index >= 15 is 0 Å². The molecule has 0 aliphatic heterocycles. The van der Waals surface area contributed by atoms with Crippen molar-refractivity contribution in [3.8, 4) is 0 Å². The standard InChI is InChI=1S/C9H5Cl3N4.2H3N/c10-5-3-1-2-4-6(5)13-9-15-7(11)14-8(12)16-9;;/h1-4H,(H,13,14,15,16);2*1H3. The van der Waals surface area contributed by atoms with Gasteiger partial charge >= 0.3 is 0 Å². The van der Waals surface area contributed by atoms with Gasteiger partial charge in [-0.3, -0.25) is 0 Å². The van der Waals surface area contributed by atoms with Gasteiger partial charge in [-0.1, -0.05) is 23.7 Å². The molecule has 0 saturated carbocycles. The highest BCUT2D eigenvalue weighted by molar-refractivity contribution is 6.33. The van der Waals surface area contributed by atoms with Gasteiger partial charge in [-0.15, -0.1) is 0 Å². The fourth-order valence-corrected chi connectivity index (χ4v) is 1.61. The van der Waals surface area contributed by atoms with Crippen LogP contribution in [0.15, 0.2) is 24.3 Å². The van der Waals surface area contributed by atoms with Gasteiger partial charge in [0.1, 0.15) is 0 Å². The summed E-state index contributed by atoms with van der Waals surface area (Å²) in [6, 6.07) is 7.18. The van der Waals surface area contributed by atoms with Crippen molar-refractivity contribution in [2.45, 2.75) is 0 Å². The van der Waals surface area contributed by atoms with Gasteiger partial charge in [-0.2, -0.15) is 15.0 Å². The quantitative estimate of drug-likeness (QED) is 0.773. The second-order valence-electron chi connectivity index (χ2n) is 2.80. The van der Waals surface area contributed by atoms with Crippen molar-refractivity contribution in [2.75, 3.05) is 5.32 Å². The molecule has 0 radical (unpaired) electrons. The number of nitrogens with zero attached hydrogens (tertiary/aromatic N) is 3. The van der Waals surface area contributed by atoms with Crippen LogP contribution in [0.5, 0.6) is 0 Å². The highest BCUT2D eigenvalue weighted by atomic mass is 35.5. The zero-order valence-corrected chi connectivity index (χ0v) is 11.5. The third-order valence-corrected chi connectivity index (χ3v) is 2.37. The minimum absolute atomic E-state index is 0. The molecule has 1 aromatic heterocycles. The van der Waals surface area contributed by atoms with Gasteiger partial charge in [-0.25, -0.2) is 0 Å². The first-order valence-electron chi connectivity index (χ1n) is 4.24. The smallest absolute Gasteiger partial charge is 0.232 e. The first-order chi connectivity index (χ1) is 7.65. The van der Waals surface area contributed by atoms with E-state index in [0.717, 1.165) is 0 Å². The van der Waals surface area contributed by atoms with Gasteiger partial charge < -0.3 is 17.6 Å². The zero-order valence-electron chi connectivity index (χ0n) is 9.20. The van der Waals surface area contributed by atoms with Crippen LogP contribution < -0.4 is 17.6 Å². The number of anilines is 2. The van der Waals surface area contributed by atoms with Gasteiger partial charge in [0.15, 0.2) is 0 Å². The molecule has 1 heterocycles. The summed E-state index contributed by atoms with van der Waals surface area (Å²) in [6.07, 6.45) is 0. The Hall–Kier alpha value is -1.18. The summed E-state index contributed by atoms with van der Waals surface area (Å²) >= 11 is 17.2. The van der Waals surface area contributed by atoms with Crippen molar-refractivity contribution in [1.82, 2.24) is 27.3 Å². The van der Waals surface area contributed by atoms with Crippen LogP contribution >= 0.6 is 34.8 Å². The second kappa shape index (κ2) is 7.30. The molecule has 18 heavy (non-hydrogen) atoms. The largest absolute Gasteiger partial charge is 0.344 e. The summed E-state index contributed by atoms with van der Waals surface area (Å²) in [5.74, 6) is 0.248. The van der Waals surface area contributed by atoms with Crippen LogP contribution in [0.3, 0.4) is 0 Å². The first-order valence-corrected chi connectivity index (χ1v) is 5.37. The molecule has 0 atom stereocenters. The van der Waals surface area contributed by atoms with Crippen molar-refractivity contribution in [1.29, 1.82) is 0 Å². The van der Waals surface area contributed by atoms with E-state index in [1.807, 2.05) is 12.1 Å². The molecule has 0 unspecified atom stereocenters. The molecule has 1 aromatic carbocycles. The summed E-state index contributed by atoms with van der Waals surface area (Å²) < 4.78 is 0. The van der Waals surface area contributed by atoms with Gasteiger partial charge in [0.25, 0.3) is 0 Å². The van der Waals surface area contributed by atoms with Gasteiger partial charge in [-0.05, 0) is 35.3 Å². The maximum Gasteiger partial charge on any atom is 0.232 e. The summed E-state index contributed by atoms with van der Waals surface area (Å²) in [7, 11) is 0. The lowest BCUT2D eigenvalue weighted by molar-refractivity contribution is 1.05. The highest BCUT2D eigenvalue weighted by Crippen LogP contribution is 2.23. The molecule has 0 fully saturated rings. The van der Waals surface area contributed by atoms with Crippen LogP contribution in [0.2, 0.25) is 15.6 Å². The van der Waals surface area contributed by atoms with Crippen LogP contribution in [0.4, 0.5) is 11.6 Å². The summed E-state index contributed by atoms with van der Waals surface area (Å²) in [5, 5.41) is 3.49. The SMILES string of the molecule is Clc1nc(Cl)nc(Nc2ccccc2Cl)n1.N.N. The number of aromatic nitrogens is 3. The van der Waals surface area contributed by atoms with Crippen LogP contribution in [-0.2, 0) is 0 Å². The molecular formula is C9H11Cl3N6. The first kappa shape index (κ1) is 16.8. The molecule has 0 aliphatic carbocycles. The molecule has 2 aromatic rings. The van der Waals surface area contributed by atoms with E-state index in [-0.39, 0.29) is 28.8 Å². The van der Waals surface area contributed by atoms with E-state index in [1.165, 1.54) is 0 Å². The molecule has 7 N–H and O–H groups in total. The maximum absolute atomic E-state index is 5.95. The number of rotatable bonds is 2. The number of hydrogen-bond donors (Lipinski definition) is 3. The topological polar surface area (TPSA) is 121 Å². The van der Waals surface area contributed by atoms with Gasteiger partial charge in [0, 0.05) is 0 Å². The Morgan fingerprint density at radius 3 is 1.94 bits per heavy atom. The number of nitrogens with one attached hydrogen (secondary N) is 1. The van der Waals surface area contributed by atoms with Crippen molar-refractivity contribution in [2.24, 2.45) is 0 Å². The molecule has 0 saturated heterocycles.